The SMILES string of the molecule is CCOc1ccc(C)cc1C(N)c1c(F)cccc1Br. The fraction of sp³-hybridized carbons (Fsp3) is 0.250. The lowest BCUT2D eigenvalue weighted by atomic mass is 9.97. The van der Waals surface area contributed by atoms with Crippen LogP contribution in [0.25, 0.3) is 0 Å². The van der Waals surface area contributed by atoms with Gasteiger partial charge in [0.05, 0.1) is 12.6 Å². The van der Waals surface area contributed by atoms with Crippen molar-refractivity contribution in [2.45, 2.75) is 19.9 Å². The van der Waals surface area contributed by atoms with Crippen LogP contribution in [0.2, 0.25) is 0 Å². The Labute approximate surface area is 126 Å². The molecule has 2 aromatic carbocycles. The Bertz CT molecular complexity index is 595. The van der Waals surface area contributed by atoms with Gasteiger partial charge in [-0.1, -0.05) is 39.7 Å². The minimum Gasteiger partial charge on any atom is -0.494 e. The average molecular weight is 338 g/mol. The van der Waals surface area contributed by atoms with Gasteiger partial charge in [-0.3, -0.25) is 0 Å². The molecule has 2 N–H and O–H groups in total. The van der Waals surface area contributed by atoms with Crippen molar-refractivity contribution < 1.29 is 9.13 Å². The van der Waals surface area contributed by atoms with Gasteiger partial charge < -0.3 is 10.5 Å². The molecule has 2 nitrogen and oxygen atoms in total. The van der Waals surface area contributed by atoms with Crippen molar-refractivity contribution in [1.29, 1.82) is 0 Å². The molecule has 20 heavy (non-hydrogen) atoms. The summed E-state index contributed by atoms with van der Waals surface area (Å²) < 4.78 is 20.3. The Kier molecular flexibility index (Phi) is 4.78. The minimum absolute atomic E-state index is 0.323. The average Bonchev–Trinajstić information content (AvgIpc) is 2.40. The first-order chi connectivity index (χ1) is 9.54. The lowest BCUT2D eigenvalue weighted by molar-refractivity contribution is 0.335. The quantitative estimate of drug-likeness (QED) is 0.900. The molecule has 0 amide bonds. The summed E-state index contributed by atoms with van der Waals surface area (Å²) in [5, 5.41) is 0. The Morgan fingerprint density at radius 1 is 1.30 bits per heavy atom. The summed E-state index contributed by atoms with van der Waals surface area (Å²) in [4.78, 5) is 0. The van der Waals surface area contributed by atoms with Crippen molar-refractivity contribution in [2.24, 2.45) is 5.73 Å². The van der Waals surface area contributed by atoms with Gasteiger partial charge in [-0.2, -0.15) is 0 Å². The molecular weight excluding hydrogens is 321 g/mol. The van der Waals surface area contributed by atoms with E-state index in [1.54, 1.807) is 12.1 Å². The van der Waals surface area contributed by atoms with E-state index in [1.807, 2.05) is 32.0 Å². The van der Waals surface area contributed by atoms with Crippen LogP contribution in [-0.4, -0.2) is 6.61 Å². The molecule has 1 atom stereocenters. The molecule has 0 aliphatic heterocycles. The predicted octanol–water partition coefficient (Wildman–Crippen LogP) is 4.34. The van der Waals surface area contributed by atoms with E-state index in [9.17, 15) is 4.39 Å². The normalized spacial score (nSPS) is 12.2. The van der Waals surface area contributed by atoms with Crippen LogP contribution in [0.4, 0.5) is 4.39 Å². The maximum absolute atomic E-state index is 14.1. The Morgan fingerprint density at radius 3 is 2.70 bits per heavy atom. The van der Waals surface area contributed by atoms with Crippen molar-refractivity contribution in [3.8, 4) is 5.75 Å². The zero-order chi connectivity index (χ0) is 14.7. The molecule has 0 spiro atoms. The molecule has 0 heterocycles. The Balaban J connectivity index is 2.52. The number of nitrogens with two attached hydrogens (primary N) is 1. The number of halogens is 2. The smallest absolute Gasteiger partial charge is 0.129 e. The van der Waals surface area contributed by atoms with Crippen LogP contribution in [0.15, 0.2) is 40.9 Å². The molecule has 0 aliphatic rings. The molecule has 4 heteroatoms. The minimum atomic E-state index is -0.577. The van der Waals surface area contributed by atoms with E-state index in [0.717, 1.165) is 11.1 Å². The second-order valence-corrected chi connectivity index (χ2v) is 5.44. The van der Waals surface area contributed by atoms with Crippen LogP contribution in [-0.2, 0) is 0 Å². The second kappa shape index (κ2) is 6.37. The number of rotatable bonds is 4. The zero-order valence-electron chi connectivity index (χ0n) is 11.5. The molecule has 0 saturated heterocycles. The van der Waals surface area contributed by atoms with E-state index in [1.165, 1.54) is 6.07 Å². The molecule has 0 bridgehead atoms. The zero-order valence-corrected chi connectivity index (χ0v) is 13.1. The highest BCUT2D eigenvalue weighted by molar-refractivity contribution is 9.10. The highest BCUT2D eigenvalue weighted by Crippen LogP contribution is 2.34. The van der Waals surface area contributed by atoms with Gasteiger partial charge >= 0.3 is 0 Å². The van der Waals surface area contributed by atoms with Crippen molar-refractivity contribution in [2.75, 3.05) is 6.61 Å². The van der Waals surface area contributed by atoms with E-state index >= 15 is 0 Å². The summed E-state index contributed by atoms with van der Waals surface area (Å²) in [6.07, 6.45) is 0. The van der Waals surface area contributed by atoms with Gasteiger partial charge in [-0.25, -0.2) is 4.39 Å². The molecular formula is C16H17BrFNO. The van der Waals surface area contributed by atoms with E-state index in [0.29, 0.717) is 22.4 Å². The van der Waals surface area contributed by atoms with Crippen molar-refractivity contribution in [3.63, 3.8) is 0 Å². The van der Waals surface area contributed by atoms with E-state index in [4.69, 9.17) is 10.5 Å². The summed E-state index contributed by atoms with van der Waals surface area (Å²) in [5.74, 6) is 0.372. The fourth-order valence-corrected chi connectivity index (χ4v) is 2.75. The van der Waals surface area contributed by atoms with Crippen LogP contribution in [0.5, 0.6) is 5.75 Å². The van der Waals surface area contributed by atoms with Crippen LogP contribution in [0.1, 0.15) is 29.7 Å². The molecule has 0 saturated carbocycles. The first-order valence-corrected chi connectivity index (χ1v) is 7.26. The third-order valence-electron chi connectivity index (χ3n) is 3.11. The van der Waals surface area contributed by atoms with Crippen LogP contribution in [0, 0.1) is 12.7 Å². The first-order valence-electron chi connectivity index (χ1n) is 6.47. The molecule has 2 rings (SSSR count). The summed E-state index contributed by atoms with van der Waals surface area (Å²) in [6, 6.07) is 10.0. The summed E-state index contributed by atoms with van der Waals surface area (Å²) in [5.41, 5.74) is 8.56. The number of benzene rings is 2. The molecule has 1 unspecified atom stereocenters. The van der Waals surface area contributed by atoms with Gasteiger partial charge in [0.1, 0.15) is 11.6 Å². The summed E-state index contributed by atoms with van der Waals surface area (Å²) >= 11 is 3.37. The number of aryl methyl sites for hydroxylation is 1. The highest BCUT2D eigenvalue weighted by Gasteiger charge is 2.20. The molecule has 0 fully saturated rings. The van der Waals surface area contributed by atoms with Crippen molar-refractivity contribution in [1.82, 2.24) is 0 Å². The number of hydrogen-bond donors (Lipinski definition) is 1. The van der Waals surface area contributed by atoms with Crippen LogP contribution < -0.4 is 10.5 Å². The molecule has 0 radical (unpaired) electrons. The number of hydrogen-bond acceptors (Lipinski definition) is 2. The van der Waals surface area contributed by atoms with Crippen molar-refractivity contribution >= 4 is 15.9 Å². The maximum Gasteiger partial charge on any atom is 0.129 e. The summed E-state index contributed by atoms with van der Waals surface area (Å²) in [6.45, 7) is 4.43. The Morgan fingerprint density at radius 2 is 2.05 bits per heavy atom. The molecule has 2 aromatic rings. The van der Waals surface area contributed by atoms with Crippen molar-refractivity contribution in [3.05, 3.63) is 63.4 Å². The Hall–Kier alpha value is -1.39. The molecule has 106 valence electrons. The molecule has 0 aromatic heterocycles. The maximum atomic E-state index is 14.1. The second-order valence-electron chi connectivity index (χ2n) is 4.59. The van der Waals surface area contributed by atoms with E-state index < -0.39 is 6.04 Å². The van der Waals surface area contributed by atoms with Gasteiger partial charge in [0.25, 0.3) is 0 Å². The predicted molar refractivity (Wildman–Crippen MR) is 82.5 cm³/mol. The van der Waals surface area contributed by atoms with Gasteiger partial charge in [0.2, 0.25) is 0 Å². The third kappa shape index (κ3) is 3.02. The standard InChI is InChI=1S/C16H17BrFNO/c1-3-20-14-8-7-10(2)9-11(14)16(19)15-12(17)5-4-6-13(15)18/h4-9,16H,3,19H2,1-2H3. The van der Waals surface area contributed by atoms with Gasteiger partial charge in [-0.05, 0) is 32.0 Å². The van der Waals surface area contributed by atoms with E-state index in [-0.39, 0.29) is 5.82 Å². The lowest BCUT2D eigenvalue weighted by Gasteiger charge is -2.19. The van der Waals surface area contributed by atoms with Crippen LogP contribution >= 0.6 is 15.9 Å². The summed E-state index contributed by atoms with van der Waals surface area (Å²) in [7, 11) is 0. The van der Waals surface area contributed by atoms with Gasteiger partial charge in [0, 0.05) is 15.6 Å². The highest BCUT2D eigenvalue weighted by atomic mass is 79.9. The van der Waals surface area contributed by atoms with Gasteiger partial charge in [0.15, 0.2) is 0 Å². The first kappa shape index (κ1) is 15.0. The number of ether oxygens (including phenoxy) is 1. The monoisotopic (exact) mass is 337 g/mol. The van der Waals surface area contributed by atoms with E-state index in [2.05, 4.69) is 15.9 Å². The third-order valence-corrected chi connectivity index (χ3v) is 3.80. The van der Waals surface area contributed by atoms with Crippen LogP contribution in [0.3, 0.4) is 0 Å². The largest absolute Gasteiger partial charge is 0.494 e. The topological polar surface area (TPSA) is 35.2 Å². The molecule has 0 aliphatic carbocycles. The lowest BCUT2D eigenvalue weighted by Crippen LogP contribution is -2.16. The fourth-order valence-electron chi connectivity index (χ4n) is 2.16. The van der Waals surface area contributed by atoms with Gasteiger partial charge in [-0.15, -0.1) is 0 Å².